The lowest BCUT2D eigenvalue weighted by Crippen LogP contribution is -2.24. The Hall–Kier alpha value is -1.36. The van der Waals surface area contributed by atoms with Crippen LogP contribution in [0.1, 0.15) is 12.7 Å². The molecule has 1 aromatic rings. The minimum absolute atomic E-state index is 0.189. The van der Waals surface area contributed by atoms with Crippen LogP contribution in [0, 0.1) is 0 Å². The van der Waals surface area contributed by atoms with E-state index in [-0.39, 0.29) is 12.5 Å². The maximum Gasteiger partial charge on any atom is 0.319 e. The number of aromatic nitrogens is 1. The third-order valence-corrected chi connectivity index (χ3v) is 1.37. The van der Waals surface area contributed by atoms with Crippen molar-refractivity contribution in [2.75, 3.05) is 13.2 Å². The van der Waals surface area contributed by atoms with Crippen LogP contribution in [0.15, 0.2) is 16.8 Å². The highest BCUT2D eigenvalue weighted by atomic mass is 16.5. The average molecular weight is 184 g/mol. The molecule has 0 saturated carbocycles. The van der Waals surface area contributed by atoms with Crippen LogP contribution >= 0.6 is 0 Å². The molecule has 0 spiro atoms. The Morgan fingerprint density at radius 1 is 1.77 bits per heavy atom. The quantitative estimate of drug-likeness (QED) is 0.668. The minimum Gasteiger partial charge on any atom is -0.465 e. The van der Waals surface area contributed by atoms with E-state index in [1.807, 2.05) is 0 Å². The Morgan fingerprint density at radius 3 is 3.23 bits per heavy atom. The number of rotatable bonds is 5. The summed E-state index contributed by atoms with van der Waals surface area (Å²) in [5.41, 5.74) is 0. The maximum absolute atomic E-state index is 10.8. The molecule has 0 radical (unpaired) electrons. The zero-order valence-electron chi connectivity index (χ0n) is 7.45. The number of carbonyl (C=O) groups excluding carboxylic acids is 1. The van der Waals surface area contributed by atoms with Crippen LogP contribution in [-0.4, -0.2) is 24.3 Å². The number of nitrogens with zero attached hydrogens (tertiary/aromatic N) is 1. The van der Waals surface area contributed by atoms with Crippen molar-refractivity contribution in [3.05, 3.63) is 18.0 Å². The van der Waals surface area contributed by atoms with Gasteiger partial charge in [-0.2, -0.15) is 0 Å². The van der Waals surface area contributed by atoms with Crippen LogP contribution in [0.2, 0.25) is 0 Å². The molecule has 1 aromatic heterocycles. The molecule has 1 heterocycles. The van der Waals surface area contributed by atoms with Gasteiger partial charge in [0.05, 0.1) is 25.9 Å². The van der Waals surface area contributed by atoms with Gasteiger partial charge in [-0.15, -0.1) is 0 Å². The summed E-state index contributed by atoms with van der Waals surface area (Å²) in [6, 6.07) is 1.73. The molecule has 5 nitrogen and oxygen atoms in total. The first-order chi connectivity index (χ1) is 6.33. The number of nitrogens with one attached hydrogen (secondary N) is 1. The van der Waals surface area contributed by atoms with E-state index in [4.69, 9.17) is 9.26 Å². The Bertz CT molecular complexity index is 246. The van der Waals surface area contributed by atoms with Gasteiger partial charge in [0, 0.05) is 6.07 Å². The molecule has 0 aliphatic heterocycles. The van der Waals surface area contributed by atoms with Gasteiger partial charge in [0.25, 0.3) is 0 Å². The van der Waals surface area contributed by atoms with E-state index in [2.05, 4.69) is 10.5 Å². The maximum atomic E-state index is 10.8. The van der Waals surface area contributed by atoms with Crippen molar-refractivity contribution in [3.63, 3.8) is 0 Å². The summed E-state index contributed by atoms with van der Waals surface area (Å²) in [6.07, 6.45) is 1.56. The van der Waals surface area contributed by atoms with E-state index in [1.54, 1.807) is 19.2 Å². The third-order valence-electron chi connectivity index (χ3n) is 1.37. The van der Waals surface area contributed by atoms with Crippen molar-refractivity contribution in [1.82, 2.24) is 10.5 Å². The van der Waals surface area contributed by atoms with E-state index in [9.17, 15) is 4.79 Å². The van der Waals surface area contributed by atoms with Gasteiger partial charge in [0.2, 0.25) is 0 Å². The molecule has 1 N–H and O–H groups in total. The van der Waals surface area contributed by atoms with Gasteiger partial charge in [0.1, 0.15) is 5.76 Å². The zero-order chi connectivity index (χ0) is 9.52. The highest BCUT2D eigenvalue weighted by Gasteiger charge is 2.01. The largest absolute Gasteiger partial charge is 0.465 e. The molecule has 0 bridgehead atoms. The number of ether oxygens (including phenoxy) is 1. The summed E-state index contributed by atoms with van der Waals surface area (Å²) < 4.78 is 9.52. The number of carbonyl (C=O) groups is 1. The fourth-order valence-electron chi connectivity index (χ4n) is 0.833. The highest BCUT2D eigenvalue weighted by molar-refractivity contribution is 5.71. The molecular weight excluding hydrogens is 172 g/mol. The number of hydrogen-bond acceptors (Lipinski definition) is 5. The molecular formula is C8H12N2O3. The standard InChI is InChI=1S/C8H12N2O3/c1-2-12-8(11)6-9-5-7-3-4-10-13-7/h3-4,9H,2,5-6H2,1H3. The van der Waals surface area contributed by atoms with Crippen molar-refractivity contribution < 1.29 is 14.1 Å². The number of hydrogen-bond donors (Lipinski definition) is 1. The van der Waals surface area contributed by atoms with E-state index >= 15 is 0 Å². The molecule has 0 atom stereocenters. The molecule has 0 unspecified atom stereocenters. The second-order valence-electron chi connectivity index (χ2n) is 2.39. The lowest BCUT2D eigenvalue weighted by Gasteiger charge is -2.01. The van der Waals surface area contributed by atoms with Crippen molar-refractivity contribution in [2.45, 2.75) is 13.5 Å². The van der Waals surface area contributed by atoms with E-state index < -0.39 is 0 Å². The van der Waals surface area contributed by atoms with Crippen LogP contribution in [-0.2, 0) is 16.1 Å². The third kappa shape index (κ3) is 3.71. The average Bonchev–Trinajstić information content (AvgIpc) is 2.57. The van der Waals surface area contributed by atoms with E-state index in [1.165, 1.54) is 0 Å². The van der Waals surface area contributed by atoms with Gasteiger partial charge in [-0.25, -0.2) is 0 Å². The molecule has 13 heavy (non-hydrogen) atoms. The first kappa shape index (κ1) is 9.73. The van der Waals surface area contributed by atoms with Crippen LogP contribution in [0.25, 0.3) is 0 Å². The van der Waals surface area contributed by atoms with Gasteiger partial charge >= 0.3 is 5.97 Å². The van der Waals surface area contributed by atoms with Crippen molar-refractivity contribution in [3.8, 4) is 0 Å². The van der Waals surface area contributed by atoms with E-state index in [0.29, 0.717) is 18.9 Å². The Kier molecular flexibility index (Phi) is 3.98. The second-order valence-corrected chi connectivity index (χ2v) is 2.39. The summed E-state index contributed by atoms with van der Waals surface area (Å²) in [4.78, 5) is 10.8. The van der Waals surface area contributed by atoms with Gasteiger partial charge in [0.15, 0.2) is 0 Å². The summed E-state index contributed by atoms with van der Waals surface area (Å²) in [5, 5.41) is 6.39. The topological polar surface area (TPSA) is 64.4 Å². The highest BCUT2D eigenvalue weighted by Crippen LogP contribution is 1.94. The summed E-state index contributed by atoms with van der Waals surface area (Å²) in [5.74, 6) is 0.436. The molecule has 72 valence electrons. The Morgan fingerprint density at radius 2 is 2.62 bits per heavy atom. The molecule has 1 rings (SSSR count). The van der Waals surface area contributed by atoms with Crippen molar-refractivity contribution >= 4 is 5.97 Å². The molecule has 0 aliphatic carbocycles. The second kappa shape index (κ2) is 5.31. The van der Waals surface area contributed by atoms with Gasteiger partial charge in [-0.1, -0.05) is 5.16 Å². The number of esters is 1. The SMILES string of the molecule is CCOC(=O)CNCc1ccno1. The van der Waals surface area contributed by atoms with Crippen molar-refractivity contribution in [1.29, 1.82) is 0 Å². The van der Waals surface area contributed by atoms with E-state index in [0.717, 1.165) is 0 Å². The summed E-state index contributed by atoms with van der Waals surface area (Å²) in [6.45, 7) is 2.85. The van der Waals surface area contributed by atoms with Crippen molar-refractivity contribution in [2.24, 2.45) is 0 Å². The fourth-order valence-corrected chi connectivity index (χ4v) is 0.833. The molecule has 0 amide bonds. The molecule has 0 aromatic carbocycles. The van der Waals surface area contributed by atoms with Crippen LogP contribution < -0.4 is 5.32 Å². The normalized spacial score (nSPS) is 9.92. The fraction of sp³-hybridized carbons (Fsp3) is 0.500. The summed E-state index contributed by atoms with van der Waals surface area (Å²) >= 11 is 0. The molecule has 5 heteroatoms. The summed E-state index contributed by atoms with van der Waals surface area (Å²) in [7, 11) is 0. The first-order valence-electron chi connectivity index (χ1n) is 4.09. The van der Waals surface area contributed by atoms with Crippen LogP contribution in [0.5, 0.6) is 0 Å². The van der Waals surface area contributed by atoms with Crippen LogP contribution in [0.3, 0.4) is 0 Å². The minimum atomic E-state index is -0.262. The zero-order valence-corrected chi connectivity index (χ0v) is 7.45. The van der Waals surface area contributed by atoms with Crippen LogP contribution in [0.4, 0.5) is 0 Å². The Labute approximate surface area is 76.0 Å². The lowest BCUT2D eigenvalue weighted by molar-refractivity contribution is -0.142. The lowest BCUT2D eigenvalue weighted by atomic mass is 10.4. The smallest absolute Gasteiger partial charge is 0.319 e. The molecule has 0 fully saturated rings. The molecule has 0 aliphatic rings. The first-order valence-corrected chi connectivity index (χ1v) is 4.09. The predicted octanol–water partition coefficient (Wildman–Crippen LogP) is 0.327. The van der Waals surface area contributed by atoms with Gasteiger partial charge in [-0.05, 0) is 6.92 Å². The van der Waals surface area contributed by atoms with Gasteiger partial charge in [-0.3, -0.25) is 10.1 Å². The predicted molar refractivity (Wildman–Crippen MR) is 44.8 cm³/mol. The Balaban J connectivity index is 2.11. The monoisotopic (exact) mass is 184 g/mol. The van der Waals surface area contributed by atoms with Gasteiger partial charge < -0.3 is 9.26 Å². The molecule has 0 saturated heterocycles.